The Kier molecular flexibility index (Phi) is 11.1. The maximum absolute atomic E-state index is 14.2. The lowest BCUT2D eigenvalue weighted by molar-refractivity contribution is -0.137. The van der Waals surface area contributed by atoms with Crippen LogP contribution in [0, 0.1) is 6.92 Å². The van der Waals surface area contributed by atoms with Gasteiger partial charge in [-0.3, -0.25) is 9.69 Å². The first-order chi connectivity index (χ1) is 24.2. The van der Waals surface area contributed by atoms with Gasteiger partial charge in [-0.25, -0.2) is 15.0 Å². The Balaban J connectivity index is 1.16. The predicted molar refractivity (Wildman–Crippen MR) is 189 cm³/mol. The Morgan fingerprint density at radius 1 is 0.920 bits per heavy atom. The van der Waals surface area contributed by atoms with Crippen LogP contribution in [0.5, 0.6) is 0 Å². The van der Waals surface area contributed by atoms with Gasteiger partial charge in [-0.05, 0) is 61.5 Å². The van der Waals surface area contributed by atoms with Crippen molar-refractivity contribution < 1.29 is 22.7 Å². The summed E-state index contributed by atoms with van der Waals surface area (Å²) in [6.07, 6.45) is -1.44. The van der Waals surface area contributed by atoms with E-state index in [1.54, 1.807) is 23.2 Å². The van der Waals surface area contributed by atoms with Crippen LogP contribution in [0.2, 0.25) is 0 Å². The number of carbonyl (C=O) groups excluding carboxylic acids is 1. The van der Waals surface area contributed by atoms with Crippen LogP contribution in [0.3, 0.4) is 0 Å². The van der Waals surface area contributed by atoms with Gasteiger partial charge >= 0.3 is 6.18 Å². The lowest BCUT2D eigenvalue weighted by Crippen LogP contribution is -2.46. The van der Waals surface area contributed by atoms with E-state index in [9.17, 15) is 18.0 Å². The number of pyridine rings is 1. The van der Waals surface area contributed by atoms with Gasteiger partial charge in [0, 0.05) is 92.8 Å². The second-order valence-corrected chi connectivity index (χ2v) is 12.3. The molecule has 0 radical (unpaired) electrons. The molecule has 0 aliphatic carbocycles. The van der Waals surface area contributed by atoms with Crippen molar-refractivity contribution in [2.75, 3.05) is 93.0 Å². The normalized spacial score (nSPS) is 15.9. The van der Waals surface area contributed by atoms with Crippen LogP contribution in [0.25, 0.3) is 11.3 Å². The molecule has 0 atom stereocenters. The van der Waals surface area contributed by atoms with E-state index in [4.69, 9.17) is 4.74 Å². The van der Waals surface area contributed by atoms with E-state index in [0.717, 1.165) is 63.1 Å². The van der Waals surface area contributed by atoms with Gasteiger partial charge in [-0.2, -0.15) is 13.2 Å². The Hall–Kier alpha value is -4.79. The highest BCUT2D eigenvalue weighted by Crippen LogP contribution is 2.38. The van der Waals surface area contributed by atoms with Gasteiger partial charge in [0.05, 0.1) is 24.5 Å². The number of carbonyl (C=O) groups is 1. The molecule has 2 aromatic carbocycles. The molecule has 2 aliphatic heterocycles. The van der Waals surface area contributed by atoms with Crippen molar-refractivity contribution in [3.63, 3.8) is 0 Å². The SMILES string of the molecule is CCN1CCN(c2ccc(C(=O)Nc3ccc(C)c(Nc4ncccc4-c4cc(NCCN5CCOCC5)ncn4)c3)cc2C(F)(F)F)CC1. The van der Waals surface area contributed by atoms with Crippen molar-refractivity contribution in [3.8, 4) is 11.3 Å². The number of ether oxygens (including phenoxy) is 1. The summed E-state index contributed by atoms with van der Waals surface area (Å²) in [5.74, 6) is 0.600. The van der Waals surface area contributed by atoms with Crippen molar-refractivity contribution >= 4 is 34.6 Å². The number of hydrogen-bond donors (Lipinski definition) is 3. The number of amides is 1. The molecule has 0 saturated carbocycles. The van der Waals surface area contributed by atoms with Crippen molar-refractivity contribution in [2.45, 2.75) is 20.0 Å². The van der Waals surface area contributed by atoms with E-state index < -0.39 is 17.6 Å². The van der Waals surface area contributed by atoms with Crippen LogP contribution in [-0.2, 0) is 10.9 Å². The van der Waals surface area contributed by atoms with Crippen molar-refractivity contribution in [1.29, 1.82) is 0 Å². The number of halogens is 3. The molecule has 4 heterocycles. The van der Waals surface area contributed by atoms with Gasteiger partial charge in [0.2, 0.25) is 0 Å². The predicted octanol–water partition coefficient (Wildman–Crippen LogP) is 5.75. The Bertz CT molecular complexity index is 1770. The zero-order valence-corrected chi connectivity index (χ0v) is 28.3. The highest BCUT2D eigenvalue weighted by Gasteiger charge is 2.36. The lowest BCUT2D eigenvalue weighted by atomic mass is 10.1. The molecule has 2 aliphatic rings. The fraction of sp³-hybridized carbons (Fsp3) is 0.389. The molecule has 0 unspecified atom stereocenters. The number of morpholine rings is 1. The number of alkyl halides is 3. The molecule has 2 fully saturated rings. The number of piperazine rings is 1. The number of aromatic nitrogens is 3. The third-order valence-electron chi connectivity index (χ3n) is 9.06. The highest BCUT2D eigenvalue weighted by molar-refractivity contribution is 6.05. The lowest BCUT2D eigenvalue weighted by Gasteiger charge is -2.36. The number of likely N-dealkylation sites (N-methyl/N-ethyl adjacent to an activating group) is 1. The van der Waals surface area contributed by atoms with Gasteiger partial charge in [0.1, 0.15) is 18.0 Å². The second kappa shape index (κ2) is 15.8. The van der Waals surface area contributed by atoms with Crippen LogP contribution in [0.1, 0.15) is 28.4 Å². The highest BCUT2D eigenvalue weighted by atomic mass is 19.4. The van der Waals surface area contributed by atoms with Crippen LogP contribution in [0.15, 0.2) is 67.1 Å². The van der Waals surface area contributed by atoms with Gasteiger partial charge < -0.3 is 30.5 Å². The first kappa shape index (κ1) is 35.1. The van der Waals surface area contributed by atoms with E-state index in [2.05, 4.69) is 40.7 Å². The molecule has 2 saturated heterocycles. The minimum Gasteiger partial charge on any atom is -0.379 e. The minimum absolute atomic E-state index is 0.0755. The molecular weight excluding hydrogens is 647 g/mol. The van der Waals surface area contributed by atoms with E-state index in [1.165, 1.54) is 18.5 Å². The Morgan fingerprint density at radius 3 is 2.48 bits per heavy atom. The number of hydrogen-bond acceptors (Lipinski definition) is 10. The maximum atomic E-state index is 14.2. The molecule has 0 spiro atoms. The molecule has 11 nitrogen and oxygen atoms in total. The summed E-state index contributed by atoms with van der Waals surface area (Å²) in [4.78, 5) is 33.0. The van der Waals surface area contributed by atoms with Crippen molar-refractivity contribution in [3.05, 3.63) is 83.8 Å². The van der Waals surface area contributed by atoms with Crippen LogP contribution >= 0.6 is 0 Å². The third-order valence-corrected chi connectivity index (χ3v) is 9.06. The summed E-state index contributed by atoms with van der Waals surface area (Å²) in [5.41, 5.74) is 2.58. The molecule has 0 bridgehead atoms. The number of anilines is 5. The van der Waals surface area contributed by atoms with Gasteiger partial charge in [0.15, 0.2) is 0 Å². The molecule has 264 valence electrons. The molecule has 6 rings (SSSR count). The molecule has 14 heteroatoms. The number of aryl methyl sites for hydroxylation is 1. The minimum atomic E-state index is -4.61. The van der Waals surface area contributed by atoms with Crippen molar-refractivity contribution in [2.24, 2.45) is 0 Å². The van der Waals surface area contributed by atoms with E-state index >= 15 is 0 Å². The fourth-order valence-corrected chi connectivity index (χ4v) is 6.13. The molecule has 1 amide bonds. The quantitative estimate of drug-likeness (QED) is 0.180. The number of nitrogens with zero attached hydrogens (tertiary/aromatic N) is 6. The van der Waals surface area contributed by atoms with Gasteiger partial charge in [-0.15, -0.1) is 0 Å². The van der Waals surface area contributed by atoms with E-state index in [1.807, 2.05) is 38.1 Å². The summed E-state index contributed by atoms with van der Waals surface area (Å²) < 4.78 is 48.1. The molecule has 3 N–H and O–H groups in total. The molecule has 50 heavy (non-hydrogen) atoms. The summed E-state index contributed by atoms with van der Waals surface area (Å²) in [7, 11) is 0. The van der Waals surface area contributed by atoms with Gasteiger partial charge in [0.25, 0.3) is 5.91 Å². The standard InChI is InChI=1S/C36H42F3N9O2/c1-3-46-13-15-48(16-14-46)32-9-7-26(21-29(32)36(37,38)39)35(49)44-27-8-6-25(2)30(22-27)45-34-28(5-4-10-41-34)31-23-33(43-24-42-31)40-11-12-47-17-19-50-20-18-47/h4-10,21-24H,3,11-20H2,1-2H3,(H,41,45)(H,44,49)(H,40,42,43). The number of rotatable bonds is 11. The smallest absolute Gasteiger partial charge is 0.379 e. The Labute approximate surface area is 289 Å². The van der Waals surface area contributed by atoms with E-state index in [0.29, 0.717) is 54.9 Å². The van der Waals surface area contributed by atoms with Crippen LogP contribution in [0.4, 0.5) is 41.9 Å². The second-order valence-electron chi connectivity index (χ2n) is 12.3. The summed E-state index contributed by atoms with van der Waals surface area (Å²) in [6.45, 7) is 12.1. The third kappa shape index (κ3) is 8.67. The average molecular weight is 690 g/mol. The van der Waals surface area contributed by atoms with Crippen LogP contribution in [-0.4, -0.2) is 103 Å². The zero-order chi connectivity index (χ0) is 35.1. The summed E-state index contributed by atoms with van der Waals surface area (Å²) >= 11 is 0. The molecule has 4 aromatic rings. The summed E-state index contributed by atoms with van der Waals surface area (Å²) in [6, 6.07) is 14.7. The number of nitrogens with one attached hydrogen (secondary N) is 3. The van der Waals surface area contributed by atoms with Gasteiger partial charge in [-0.1, -0.05) is 13.0 Å². The van der Waals surface area contributed by atoms with Crippen molar-refractivity contribution in [1.82, 2.24) is 24.8 Å². The maximum Gasteiger partial charge on any atom is 0.418 e. The zero-order valence-electron chi connectivity index (χ0n) is 28.3. The first-order valence-electron chi connectivity index (χ1n) is 16.9. The van der Waals surface area contributed by atoms with Crippen LogP contribution < -0.4 is 20.9 Å². The molecule has 2 aromatic heterocycles. The number of benzene rings is 2. The summed E-state index contributed by atoms with van der Waals surface area (Å²) in [5, 5.41) is 9.51. The fourth-order valence-electron chi connectivity index (χ4n) is 6.13. The topological polar surface area (TPSA) is 111 Å². The monoisotopic (exact) mass is 689 g/mol. The van der Waals surface area contributed by atoms with E-state index in [-0.39, 0.29) is 11.3 Å². The molecular formula is C36H42F3N9O2. The Morgan fingerprint density at radius 2 is 1.72 bits per heavy atom. The largest absolute Gasteiger partial charge is 0.418 e. The first-order valence-corrected chi connectivity index (χ1v) is 16.9. The average Bonchev–Trinajstić information content (AvgIpc) is 3.13.